The first-order valence-electron chi connectivity index (χ1n) is 3.76. The molecule has 10 heavy (non-hydrogen) atoms. The third-order valence-electron chi connectivity index (χ3n) is 1.63. The van der Waals surface area contributed by atoms with Gasteiger partial charge in [0.2, 0.25) is 0 Å². The highest BCUT2D eigenvalue weighted by Gasteiger charge is 2.20. The molecule has 1 rings (SSSR count). The number of carbonyl (C=O) groups is 1. The van der Waals surface area contributed by atoms with Crippen LogP contribution in [0.15, 0.2) is 0 Å². The highest BCUT2D eigenvalue weighted by Crippen LogP contribution is 2.04. The lowest BCUT2D eigenvalue weighted by molar-refractivity contribution is 0.158. The first-order valence-corrected chi connectivity index (χ1v) is 3.76. The maximum absolute atomic E-state index is 10.8. The average Bonchev–Trinajstić information content (AvgIpc) is 2.31. The van der Waals surface area contributed by atoms with Crippen LogP contribution in [0.3, 0.4) is 0 Å². The number of unbranched alkanes of at least 4 members (excludes halogenated alkanes) is 1. The summed E-state index contributed by atoms with van der Waals surface area (Å²) in [6, 6.07) is 0. The molecule has 1 aliphatic heterocycles. The van der Waals surface area contributed by atoms with Gasteiger partial charge < -0.3 is 9.64 Å². The topological polar surface area (TPSA) is 29.5 Å². The Balaban J connectivity index is 2.20. The van der Waals surface area contributed by atoms with Crippen molar-refractivity contribution in [3.63, 3.8) is 0 Å². The molecule has 3 heteroatoms. The van der Waals surface area contributed by atoms with Gasteiger partial charge in [0.1, 0.15) is 6.61 Å². The Bertz CT molecular complexity index is 125. The first kappa shape index (κ1) is 7.38. The molecule has 0 unspecified atom stereocenters. The molecule has 1 amide bonds. The van der Waals surface area contributed by atoms with E-state index in [1.54, 1.807) is 4.90 Å². The van der Waals surface area contributed by atoms with E-state index in [0.717, 1.165) is 25.9 Å². The second kappa shape index (κ2) is 3.44. The smallest absolute Gasteiger partial charge is 0.409 e. The van der Waals surface area contributed by atoms with Crippen molar-refractivity contribution in [2.75, 3.05) is 19.7 Å². The molecule has 0 N–H and O–H groups in total. The fourth-order valence-corrected chi connectivity index (χ4v) is 0.978. The summed E-state index contributed by atoms with van der Waals surface area (Å²) in [5.41, 5.74) is 0. The molecule has 0 aromatic carbocycles. The zero-order valence-corrected chi connectivity index (χ0v) is 6.30. The van der Waals surface area contributed by atoms with Crippen molar-refractivity contribution in [2.45, 2.75) is 19.8 Å². The number of carbonyl (C=O) groups excluding carboxylic acids is 1. The number of cyclic esters (lactones) is 1. The minimum absolute atomic E-state index is 0.145. The van der Waals surface area contributed by atoms with Crippen LogP contribution in [0.5, 0.6) is 0 Å². The van der Waals surface area contributed by atoms with Crippen molar-refractivity contribution in [3.05, 3.63) is 0 Å². The number of nitrogens with zero attached hydrogens (tertiary/aromatic N) is 1. The van der Waals surface area contributed by atoms with Gasteiger partial charge in [0.05, 0.1) is 6.54 Å². The van der Waals surface area contributed by atoms with Crippen LogP contribution in [0.25, 0.3) is 0 Å². The van der Waals surface area contributed by atoms with E-state index >= 15 is 0 Å². The third-order valence-corrected chi connectivity index (χ3v) is 1.63. The molecule has 0 radical (unpaired) electrons. The lowest BCUT2D eigenvalue weighted by Crippen LogP contribution is -2.25. The predicted octanol–water partition coefficient (Wildman–Crippen LogP) is 1.24. The second-order valence-corrected chi connectivity index (χ2v) is 2.45. The van der Waals surface area contributed by atoms with Crippen molar-refractivity contribution in [1.29, 1.82) is 0 Å². The molecule has 1 aliphatic rings. The molecule has 1 fully saturated rings. The van der Waals surface area contributed by atoms with E-state index in [2.05, 4.69) is 6.92 Å². The summed E-state index contributed by atoms with van der Waals surface area (Å²) < 4.78 is 4.75. The van der Waals surface area contributed by atoms with Gasteiger partial charge in [-0.3, -0.25) is 0 Å². The van der Waals surface area contributed by atoms with Crippen LogP contribution in [0.4, 0.5) is 4.79 Å². The highest BCUT2D eigenvalue weighted by atomic mass is 16.6. The number of ether oxygens (including phenoxy) is 1. The standard InChI is InChI=1S/C7H13NO2/c1-2-3-4-8-5-6-10-7(8)9/h2-6H2,1H3. The molecule has 1 saturated heterocycles. The van der Waals surface area contributed by atoms with E-state index in [4.69, 9.17) is 4.74 Å². The van der Waals surface area contributed by atoms with Gasteiger partial charge in [-0.05, 0) is 6.42 Å². The summed E-state index contributed by atoms with van der Waals surface area (Å²) in [4.78, 5) is 12.5. The summed E-state index contributed by atoms with van der Waals surface area (Å²) in [7, 11) is 0. The number of hydrogen-bond acceptors (Lipinski definition) is 2. The zero-order valence-electron chi connectivity index (χ0n) is 6.30. The number of hydrogen-bond donors (Lipinski definition) is 0. The minimum Gasteiger partial charge on any atom is -0.448 e. The molecule has 58 valence electrons. The lowest BCUT2D eigenvalue weighted by Gasteiger charge is -2.10. The summed E-state index contributed by atoms with van der Waals surface area (Å²) in [6.45, 7) is 4.32. The van der Waals surface area contributed by atoms with Gasteiger partial charge in [-0.2, -0.15) is 0 Å². The van der Waals surface area contributed by atoms with Gasteiger partial charge in [0.25, 0.3) is 0 Å². The monoisotopic (exact) mass is 143 g/mol. The van der Waals surface area contributed by atoms with Gasteiger partial charge in [0, 0.05) is 6.54 Å². The number of rotatable bonds is 3. The minimum atomic E-state index is -0.145. The fourth-order valence-electron chi connectivity index (χ4n) is 0.978. The Morgan fingerprint density at radius 3 is 3.00 bits per heavy atom. The Morgan fingerprint density at radius 2 is 2.50 bits per heavy atom. The van der Waals surface area contributed by atoms with Crippen LogP contribution in [-0.4, -0.2) is 30.7 Å². The predicted molar refractivity (Wildman–Crippen MR) is 37.8 cm³/mol. The van der Waals surface area contributed by atoms with Gasteiger partial charge in [-0.25, -0.2) is 4.79 Å². The molecule has 1 heterocycles. The van der Waals surface area contributed by atoms with Crippen LogP contribution < -0.4 is 0 Å². The van der Waals surface area contributed by atoms with E-state index in [1.807, 2.05) is 0 Å². The van der Waals surface area contributed by atoms with Crippen molar-refractivity contribution < 1.29 is 9.53 Å². The Kier molecular flexibility index (Phi) is 2.54. The van der Waals surface area contributed by atoms with E-state index < -0.39 is 0 Å². The summed E-state index contributed by atoms with van der Waals surface area (Å²) >= 11 is 0. The van der Waals surface area contributed by atoms with Gasteiger partial charge in [-0.1, -0.05) is 13.3 Å². The van der Waals surface area contributed by atoms with E-state index in [-0.39, 0.29) is 6.09 Å². The first-order chi connectivity index (χ1) is 4.84. The van der Waals surface area contributed by atoms with Crippen molar-refractivity contribution in [2.24, 2.45) is 0 Å². The Labute approximate surface area is 61.0 Å². The lowest BCUT2D eigenvalue weighted by atomic mass is 10.3. The molecule has 0 aromatic rings. The van der Waals surface area contributed by atoms with E-state index in [0.29, 0.717) is 6.61 Å². The maximum atomic E-state index is 10.8. The van der Waals surface area contributed by atoms with Gasteiger partial charge in [-0.15, -0.1) is 0 Å². The highest BCUT2D eigenvalue weighted by molar-refractivity contribution is 5.69. The molecule has 0 atom stereocenters. The maximum Gasteiger partial charge on any atom is 0.409 e. The quantitative estimate of drug-likeness (QED) is 0.594. The molecule has 0 saturated carbocycles. The van der Waals surface area contributed by atoms with Crippen molar-refractivity contribution >= 4 is 6.09 Å². The van der Waals surface area contributed by atoms with Crippen LogP contribution in [-0.2, 0) is 4.74 Å². The van der Waals surface area contributed by atoms with Gasteiger partial charge >= 0.3 is 6.09 Å². The molecular formula is C7H13NO2. The van der Waals surface area contributed by atoms with Crippen LogP contribution in [0, 0.1) is 0 Å². The summed E-state index contributed by atoms with van der Waals surface area (Å²) in [5.74, 6) is 0. The van der Waals surface area contributed by atoms with Gasteiger partial charge in [0.15, 0.2) is 0 Å². The Morgan fingerprint density at radius 1 is 1.70 bits per heavy atom. The normalized spacial score (nSPS) is 17.7. The largest absolute Gasteiger partial charge is 0.448 e. The molecule has 0 spiro atoms. The summed E-state index contributed by atoms with van der Waals surface area (Å²) in [6.07, 6.45) is 2.06. The third kappa shape index (κ3) is 1.62. The number of amides is 1. The van der Waals surface area contributed by atoms with Crippen LogP contribution in [0.1, 0.15) is 19.8 Å². The van der Waals surface area contributed by atoms with Crippen LogP contribution >= 0.6 is 0 Å². The summed E-state index contributed by atoms with van der Waals surface area (Å²) in [5, 5.41) is 0. The molecule has 3 nitrogen and oxygen atoms in total. The SMILES string of the molecule is CCCCN1CCOC1=O. The van der Waals surface area contributed by atoms with Crippen molar-refractivity contribution in [1.82, 2.24) is 4.90 Å². The molecule has 0 bridgehead atoms. The van der Waals surface area contributed by atoms with Crippen LogP contribution in [0.2, 0.25) is 0 Å². The Hall–Kier alpha value is -0.730. The van der Waals surface area contributed by atoms with E-state index in [9.17, 15) is 4.79 Å². The second-order valence-electron chi connectivity index (χ2n) is 2.45. The molecule has 0 aromatic heterocycles. The fraction of sp³-hybridized carbons (Fsp3) is 0.857. The average molecular weight is 143 g/mol. The van der Waals surface area contributed by atoms with Crippen molar-refractivity contribution in [3.8, 4) is 0 Å². The molecule has 0 aliphatic carbocycles. The van der Waals surface area contributed by atoms with E-state index in [1.165, 1.54) is 0 Å². The molecular weight excluding hydrogens is 130 g/mol. The zero-order chi connectivity index (χ0) is 7.40.